The van der Waals surface area contributed by atoms with Crippen LogP contribution in [0.1, 0.15) is 44.6 Å². The number of hydrogen-bond acceptors (Lipinski definition) is 3. The SMILES string of the molecule is COc1ccccc1CC(C)N(C)C(=O)CC1CC2CCC(C1)N2.Cl. The van der Waals surface area contributed by atoms with E-state index in [1.54, 1.807) is 7.11 Å². The van der Waals surface area contributed by atoms with E-state index < -0.39 is 0 Å². The molecule has 0 aromatic heterocycles. The molecule has 2 saturated heterocycles. The van der Waals surface area contributed by atoms with Gasteiger partial charge in [0.2, 0.25) is 5.91 Å². The van der Waals surface area contributed by atoms with Crippen LogP contribution in [0.25, 0.3) is 0 Å². The average molecular weight is 367 g/mol. The highest BCUT2D eigenvalue weighted by molar-refractivity contribution is 5.85. The third-order valence-electron chi connectivity index (χ3n) is 5.80. The van der Waals surface area contributed by atoms with Gasteiger partial charge in [-0.25, -0.2) is 0 Å². The number of rotatable bonds is 6. The van der Waals surface area contributed by atoms with Crippen molar-refractivity contribution in [3.63, 3.8) is 0 Å². The topological polar surface area (TPSA) is 41.6 Å². The summed E-state index contributed by atoms with van der Waals surface area (Å²) in [6.07, 6.45) is 6.42. The van der Waals surface area contributed by atoms with Crippen molar-refractivity contribution in [2.45, 2.75) is 63.6 Å². The third kappa shape index (κ3) is 4.89. The predicted molar refractivity (Wildman–Crippen MR) is 103 cm³/mol. The van der Waals surface area contributed by atoms with Crippen molar-refractivity contribution < 1.29 is 9.53 Å². The second kappa shape index (κ2) is 8.91. The average Bonchev–Trinajstić information content (AvgIpc) is 2.93. The van der Waals surface area contributed by atoms with E-state index in [2.05, 4.69) is 18.3 Å². The molecule has 1 aromatic rings. The van der Waals surface area contributed by atoms with Gasteiger partial charge >= 0.3 is 0 Å². The molecule has 0 aliphatic carbocycles. The van der Waals surface area contributed by atoms with Crippen molar-refractivity contribution in [2.75, 3.05) is 14.2 Å². The van der Waals surface area contributed by atoms with Crippen molar-refractivity contribution >= 4 is 18.3 Å². The number of piperidine rings is 1. The van der Waals surface area contributed by atoms with Crippen molar-refractivity contribution in [3.8, 4) is 5.75 Å². The Labute approximate surface area is 157 Å². The number of fused-ring (bicyclic) bond motifs is 2. The van der Waals surface area contributed by atoms with Crippen molar-refractivity contribution in [3.05, 3.63) is 29.8 Å². The van der Waals surface area contributed by atoms with Crippen molar-refractivity contribution in [1.29, 1.82) is 0 Å². The van der Waals surface area contributed by atoms with Crippen LogP contribution in [0.15, 0.2) is 24.3 Å². The molecule has 4 nitrogen and oxygen atoms in total. The molecule has 2 aliphatic heterocycles. The summed E-state index contributed by atoms with van der Waals surface area (Å²) in [6, 6.07) is 9.54. The lowest BCUT2D eigenvalue weighted by atomic mass is 9.89. The molecular weight excluding hydrogens is 336 g/mol. The first-order valence-electron chi connectivity index (χ1n) is 9.20. The largest absolute Gasteiger partial charge is 0.496 e. The maximum absolute atomic E-state index is 12.7. The maximum atomic E-state index is 12.7. The molecule has 2 heterocycles. The second-order valence-corrected chi connectivity index (χ2v) is 7.55. The number of para-hydroxylation sites is 1. The van der Waals surface area contributed by atoms with Crippen molar-refractivity contribution in [1.82, 2.24) is 10.2 Å². The molecule has 2 bridgehead atoms. The van der Waals surface area contributed by atoms with Crippen LogP contribution in [0.3, 0.4) is 0 Å². The molecule has 0 spiro atoms. The Hall–Kier alpha value is -1.26. The number of halogens is 1. The lowest BCUT2D eigenvalue weighted by Gasteiger charge is -2.31. The van der Waals surface area contributed by atoms with Crippen LogP contribution in [0.2, 0.25) is 0 Å². The van der Waals surface area contributed by atoms with Crippen LogP contribution in [-0.4, -0.2) is 43.1 Å². The van der Waals surface area contributed by atoms with Crippen LogP contribution in [0.4, 0.5) is 0 Å². The van der Waals surface area contributed by atoms with Gasteiger partial charge in [-0.1, -0.05) is 18.2 Å². The summed E-state index contributed by atoms with van der Waals surface area (Å²) < 4.78 is 5.43. The zero-order valence-corrected chi connectivity index (χ0v) is 16.3. The van der Waals surface area contributed by atoms with Crippen LogP contribution in [-0.2, 0) is 11.2 Å². The van der Waals surface area contributed by atoms with E-state index in [1.807, 2.05) is 30.1 Å². The number of nitrogens with one attached hydrogen (secondary N) is 1. The molecule has 2 fully saturated rings. The fourth-order valence-corrected chi connectivity index (χ4v) is 4.31. The summed E-state index contributed by atoms with van der Waals surface area (Å²) in [5, 5.41) is 3.65. The number of ether oxygens (including phenoxy) is 1. The predicted octanol–water partition coefficient (Wildman–Crippen LogP) is 3.43. The van der Waals surface area contributed by atoms with E-state index >= 15 is 0 Å². The first kappa shape index (κ1) is 20.1. The number of methoxy groups -OCH3 is 1. The molecule has 1 aromatic carbocycles. The number of carbonyl (C=O) groups excluding carboxylic acids is 1. The maximum Gasteiger partial charge on any atom is 0.222 e. The molecule has 3 unspecified atom stereocenters. The Balaban J connectivity index is 0.00000225. The number of nitrogens with zero attached hydrogens (tertiary/aromatic N) is 1. The lowest BCUT2D eigenvalue weighted by molar-refractivity contribution is -0.132. The molecule has 1 N–H and O–H groups in total. The van der Waals surface area contributed by atoms with Gasteiger partial charge in [0.1, 0.15) is 5.75 Å². The minimum Gasteiger partial charge on any atom is -0.496 e. The van der Waals surface area contributed by atoms with Gasteiger partial charge in [0.05, 0.1) is 7.11 Å². The summed E-state index contributed by atoms with van der Waals surface area (Å²) in [6.45, 7) is 2.12. The Bertz CT molecular complexity index is 569. The summed E-state index contributed by atoms with van der Waals surface area (Å²) in [5.41, 5.74) is 1.16. The monoisotopic (exact) mass is 366 g/mol. The van der Waals surface area contributed by atoms with Gasteiger partial charge in [-0.3, -0.25) is 4.79 Å². The van der Waals surface area contributed by atoms with Crippen LogP contribution >= 0.6 is 12.4 Å². The number of benzene rings is 1. The first-order chi connectivity index (χ1) is 11.6. The lowest BCUT2D eigenvalue weighted by Crippen LogP contribution is -2.41. The zero-order chi connectivity index (χ0) is 17.1. The second-order valence-electron chi connectivity index (χ2n) is 7.55. The first-order valence-corrected chi connectivity index (χ1v) is 9.20. The number of amides is 1. The molecule has 140 valence electrons. The zero-order valence-electron chi connectivity index (χ0n) is 15.5. The molecule has 5 heteroatoms. The normalized spacial score (nSPS) is 25.8. The number of likely N-dealkylation sites (N-methyl/N-ethyl adjacent to an activating group) is 1. The van der Waals surface area contributed by atoms with Gasteiger partial charge < -0.3 is 15.0 Å². The van der Waals surface area contributed by atoms with Gasteiger partial charge in [-0.2, -0.15) is 0 Å². The quantitative estimate of drug-likeness (QED) is 0.838. The van der Waals surface area contributed by atoms with Gasteiger partial charge in [-0.05, 0) is 56.6 Å². The molecule has 25 heavy (non-hydrogen) atoms. The van der Waals surface area contributed by atoms with Gasteiger partial charge in [-0.15, -0.1) is 12.4 Å². The van der Waals surface area contributed by atoms with Crippen LogP contribution in [0.5, 0.6) is 5.75 Å². The summed E-state index contributed by atoms with van der Waals surface area (Å²) >= 11 is 0. The van der Waals surface area contributed by atoms with E-state index in [-0.39, 0.29) is 24.4 Å². The Kier molecular flexibility index (Phi) is 7.14. The highest BCUT2D eigenvalue weighted by Gasteiger charge is 2.34. The molecule has 1 amide bonds. The smallest absolute Gasteiger partial charge is 0.222 e. The fourth-order valence-electron chi connectivity index (χ4n) is 4.31. The van der Waals surface area contributed by atoms with E-state index in [9.17, 15) is 4.79 Å². The fraction of sp³-hybridized carbons (Fsp3) is 0.650. The van der Waals surface area contributed by atoms with E-state index in [0.29, 0.717) is 24.4 Å². The van der Waals surface area contributed by atoms with Gasteiger partial charge in [0, 0.05) is 31.6 Å². The highest BCUT2D eigenvalue weighted by atomic mass is 35.5. The number of hydrogen-bond donors (Lipinski definition) is 1. The van der Waals surface area contributed by atoms with Crippen LogP contribution in [0, 0.1) is 5.92 Å². The molecule has 3 rings (SSSR count). The van der Waals surface area contributed by atoms with E-state index in [0.717, 1.165) is 30.6 Å². The molecular formula is C20H31ClN2O2. The summed E-state index contributed by atoms with van der Waals surface area (Å²) in [4.78, 5) is 14.6. The standard InChI is InChI=1S/C20H30N2O2.ClH/c1-14(10-16-6-4-5-7-19(16)24-3)22(2)20(23)13-15-11-17-8-9-18(12-15)21-17;/h4-7,14-15,17-18,21H,8-13H2,1-3H3;1H. The number of carbonyl (C=O) groups is 1. The Morgan fingerprint density at radius 3 is 2.56 bits per heavy atom. The summed E-state index contributed by atoms with van der Waals surface area (Å²) in [7, 11) is 3.64. The Morgan fingerprint density at radius 2 is 1.92 bits per heavy atom. The molecule has 3 atom stereocenters. The van der Waals surface area contributed by atoms with Gasteiger partial charge in [0.15, 0.2) is 0 Å². The van der Waals surface area contributed by atoms with E-state index in [1.165, 1.54) is 12.8 Å². The van der Waals surface area contributed by atoms with Crippen molar-refractivity contribution in [2.24, 2.45) is 5.92 Å². The third-order valence-corrected chi connectivity index (χ3v) is 5.80. The molecule has 2 aliphatic rings. The molecule has 0 radical (unpaired) electrons. The van der Waals surface area contributed by atoms with E-state index in [4.69, 9.17) is 4.74 Å². The van der Waals surface area contributed by atoms with Crippen LogP contribution < -0.4 is 10.1 Å². The highest BCUT2D eigenvalue weighted by Crippen LogP contribution is 2.33. The minimum atomic E-state index is 0. The Morgan fingerprint density at radius 1 is 1.28 bits per heavy atom. The van der Waals surface area contributed by atoms with Gasteiger partial charge in [0.25, 0.3) is 0 Å². The summed E-state index contributed by atoms with van der Waals surface area (Å²) in [5.74, 6) is 1.74. The molecule has 0 saturated carbocycles. The minimum absolute atomic E-state index is 0.